The molecular weight excluding hydrogens is 219 g/mol. The lowest BCUT2D eigenvalue weighted by molar-refractivity contribution is 0.00578. The number of rotatable bonds is 2. The van der Waals surface area contributed by atoms with Crippen molar-refractivity contribution < 1.29 is 18.5 Å². The molecule has 1 fully saturated rings. The van der Waals surface area contributed by atoms with Gasteiger partial charge in [0.2, 0.25) is 0 Å². The van der Waals surface area contributed by atoms with Crippen LogP contribution in [-0.2, 0) is 9.31 Å². The second-order valence-corrected chi connectivity index (χ2v) is 5.38. The Hall–Kier alpha value is -1.07. The van der Waals surface area contributed by atoms with Gasteiger partial charge in [-0.1, -0.05) is 0 Å². The smallest absolute Gasteiger partial charge is 0.472 e. The highest BCUT2D eigenvalue weighted by molar-refractivity contribution is 6.60. The summed E-state index contributed by atoms with van der Waals surface area (Å²) in [7, 11) is -0.548. The van der Waals surface area contributed by atoms with Crippen LogP contribution in [0.25, 0.3) is 0 Å². The number of Topliss-reactive ketones (excluding diaryl/α,β-unsaturated/α-hetero) is 1. The maximum atomic E-state index is 11.2. The molecule has 1 aliphatic heterocycles. The maximum Gasteiger partial charge on any atom is 0.532 e. The van der Waals surface area contributed by atoms with Crippen LogP contribution in [0.15, 0.2) is 16.7 Å². The molecule has 0 N–H and O–H groups in total. The highest BCUT2D eigenvalue weighted by atomic mass is 16.7. The minimum atomic E-state index is -0.548. The second-order valence-electron chi connectivity index (χ2n) is 5.38. The molecule has 2 heterocycles. The van der Waals surface area contributed by atoms with E-state index in [9.17, 15) is 4.79 Å². The van der Waals surface area contributed by atoms with Crippen molar-refractivity contribution >= 4 is 18.6 Å². The zero-order valence-corrected chi connectivity index (χ0v) is 10.9. The van der Waals surface area contributed by atoms with Gasteiger partial charge in [0.1, 0.15) is 11.9 Å². The van der Waals surface area contributed by atoms with Gasteiger partial charge in [0, 0.05) is 0 Å². The average Bonchev–Trinajstić information content (AvgIpc) is 2.70. The average molecular weight is 236 g/mol. The molecule has 0 bridgehead atoms. The molecule has 1 aromatic heterocycles. The van der Waals surface area contributed by atoms with Crippen LogP contribution in [0.2, 0.25) is 0 Å². The van der Waals surface area contributed by atoms with Gasteiger partial charge in [0.25, 0.3) is 0 Å². The molecule has 0 unspecified atom stereocenters. The summed E-state index contributed by atoms with van der Waals surface area (Å²) >= 11 is 0. The summed E-state index contributed by atoms with van der Waals surface area (Å²) in [6.45, 7) is 9.40. The van der Waals surface area contributed by atoms with Gasteiger partial charge in [0.15, 0.2) is 5.78 Å². The van der Waals surface area contributed by atoms with Gasteiger partial charge in [0.05, 0.1) is 16.8 Å². The fourth-order valence-electron chi connectivity index (χ4n) is 1.62. The lowest BCUT2D eigenvalue weighted by Crippen LogP contribution is -2.41. The van der Waals surface area contributed by atoms with Crippen LogP contribution >= 0.6 is 0 Å². The molecule has 0 amide bonds. The van der Waals surface area contributed by atoms with E-state index in [-0.39, 0.29) is 5.78 Å². The summed E-state index contributed by atoms with van der Waals surface area (Å²) in [6.07, 6.45) is 1.43. The lowest BCUT2D eigenvalue weighted by atomic mass is 9.86. The molecular formula is C12H17BO4. The van der Waals surface area contributed by atoms with Gasteiger partial charge in [-0.3, -0.25) is 4.79 Å². The monoisotopic (exact) mass is 236 g/mol. The van der Waals surface area contributed by atoms with E-state index < -0.39 is 18.3 Å². The number of furan rings is 1. The third-order valence-corrected chi connectivity index (χ3v) is 3.51. The molecule has 0 aliphatic carbocycles. The molecule has 92 valence electrons. The van der Waals surface area contributed by atoms with Crippen molar-refractivity contribution in [2.24, 2.45) is 0 Å². The van der Waals surface area contributed by atoms with E-state index in [2.05, 4.69) is 0 Å². The fourth-order valence-corrected chi connectivity index (χ4v) is 1.62. The molecule has 0 atom stereocenters. The predicted molar refractivity (Wildman–Crippen MR) is 64.4 cm³/mol. The Kier molecular flexibility index (Phi) is 2.71. The third kappa shape index (κ3) is 2.05. The molecule has 1 saturated heterocycles. The molecule has 0 saturated carbocycles. The van der Waals surface area contributed by atoms with Crippen molar-refractivity contribution in [3.05, 3.63) is 17.9 Å². The largest absolute Gasteiger partial charge is 0.532 e. The highest BCUT2D eigenvalue weighted by Crippen LogP contribution is 2.36. The zero-order valence-electron chi connectivity index (χ0n) is 10.9. The van der Waals surface area contributed by atoms with E-state index in [1.165, 1.54) is 13.2 Å². The van der Waals surface area contributed by atoms with E-state index in [1.807, 2.05) is 27.7 Å². The summed E-state index contributed by atoms with van der Waals surface area (Å²) in [5.41, 5.74) is 0.269. The zero-order chi connectivity index (χ0) is 12.8. The standard InChI is InChI=1S/C12H17BO4/c1-8(14)9-6-10(15-7-9)13-16-11(2,3)12(4,5)17-13/h6-7H,1-5H3. The van der Waals surface area contributed by atoms with E-state index in [1.54, 1.807) is 6.07 Å². The van der Waals surface area contributed by atoms with Crippen molar-refractivity contribution in [3.63, 3.8) is 0 Å². The quantitative estimate of drug-likeness (QED) is 0.580. The fraction of sp³-hybridized carbons (Fsp3) is 0.583. The van der Waals surface area contributed by atoms with Crippen molar-refractivity contribution in [2.45, 2.75) is 45.8 Å². The van der Waals surface area contributed by atoms with Gasteiger partial charge in [-0.15, -0.1) is 0 Å². The molecule has 5 heteroatoms. The summed E-state index contributed by atoms with van der Waals surface area (Å²) in [4.78, 5) is 11.2. The molecule has 1 aromatic rings. The van der Waals surface area contributed by atoms with Crippen molar-refractivity contribution in [1.29, 1.82) is 0 Å². The number of hydrogen-bond donors (Lipinski definition) is 0. The Labute approximate surface area is 101 Å². The second kappa shape index (κ2) is 3.72. The van der Waals surface area contributed by atoms with Crippen LogP contribution in [0.5, 0.6) is 0 Å². The highest BCUT2D eigenvalue weighted by Gasteiger charge is 2.53. The topological polar surface area (TPSA) is 48.7 Å². The summed E-state index contributed by atoms with van der Waals surface area (Å²) in [5, 5.41) is 0. The van der Waals surface area contributed by atoms with Gasteiger partial charge < -0.3 is 13.7 Å². The number of ketones is 1. The van der Waals surface area contributed by atoms with Crippen LogP contribution in [0.4, 0.5) is 0 Å². The SMILES string of the molecule is CC(=O)c1coc(B2OC(C)(C)C(C)(C)O2)c1. The Morgan fingerprint density at radius 1 is 1.18 bits per heavy atom. The lowest BCUT2D eigenvalue weighted by Gasteiger charge is -2.32. The minimum absolute atomic E-state index is 0.0310. The van der Waals surface area contributed by atoms with Crippen LogP contribution in [-0.4, -0.2) is 24.1 Å². The predicted octanol–water partition coefficient (Wildman–Crippen LogP) is 1.78. The summed E-state index contributed by atoms with van der Waals surface area (Å²) < 4.78 is 17.0. The van der Waals surface area contributed by atoms with Gasteiger partial charge >= 0.3 is 7.12 Å². The Bertz CT molecular complexity index is 431. The Morgan fingerprint density at radius 3 is 2.12 bits per heavy atom. The summed E-state index contributed by atoms with van der Waals surface area (Å²) in [5.74, 6) is -0.0310. The first kappa shape index (κ1) is 12.4. The molecule has 17 heavy (non-hydrogen) atoms. The van der Waals surface area contributed by atoms with Crippen molar-refractivity contribution in [1.82, 2.24) is 0 Å². The molecule has 0 aromatic carbocycles. The van der Waals surface area contributed by atoms with Crippen molar-refractivity contribution in [3.8, 4) is 0 Å². The van der Waals surface area contributed by atoms with Crippen LogP contribution in [0.3, 0.4) is 0 Å². The first-order valence-electron chi connectivity index (χ1n) is 5.68. The van der Waals surface area contributed by atoms with Gasteiger partial charge in [-0.25, -0.2) is 0 Å². The van der Waals surface area contributed by atoms with Crippen LogP contribution < -0.4 is 5.66 Å². The van der Waals surface area contributed by atoms with Crippen LogP contribution in [0.1, 0.15) is 45.0 Å². The van der Waals surface area contributed by atoms with Gasteiger partial charge in [-0.05, 0) is 40.7 Å². The molecule has 2 rings (SSSR count). The third-order valence-electron chi connectivity index (χ3n) is 3.51. The number of hydrogen-bond acceptors (Lipinski definition) is 4. The number of carbonyl (C=O) groups is 1. The van der Waals surface area contributed by atoms with E-state index in [0.717, 1.165) is 0 Å². The van der Waals surface area contributed by atoms with Crippen molar-refractivity contribution in [2.75, 3.05) is 0 Å². The van der Waals surface area contributed by atoms with E-state index in [0.29, 0.717) is 11.2 Å². The van der Waals surface area contributed by atoms with Gasteiger partial charge in [-0.2, -0.15) is 0 Å². The first-order valence-corrected chi connectivity index (χ1v) is 5.68. The Morgan fingerprint density at radius 2 is 1.71 bits per heavy atom. The summed E-state index contributed by atoms with van der Waals surface area (Å²) in [6, 6.07) is 1.67. The maximum absolute atomic E-state index is 11.2. The minimum Gasteiger partial charge on any atom is -0.472 e. The number of carbonyl (C=O) groups excluding carboxylic acids is 1. The Balaban J connectivity index is 2.23. The molecule has 0 spiro atoms. The molecule has 0 radical (unpaired) electrons. The molecule has 1 aliphatic rings. The van der Waals surface area contributed by atoms with E-state index >= 15 is 0 Å². The van der Waals surface area contributed by atoms with Crippen LogP contribution in [0, 0.1) is 0 Å². The first-order chi connectivity index (χ1) is 7.73. The van der Waals surface area contributed by atoms with E-state index in [4.69, 9.17) is 13.7 Å². The molecule has 4 nitrogen and oxygen atoms in total. The normalized spacial score (nSPS) is 21.8.